The summed E-state index contributed by atoms with van der Waals surface area (Å²) in [5.41, 5.74) is 0.156. The number of ether oxygens (including phenoxy) is 1. The minimum absolute atomic E-state index is 0.111. The molecule has 0 aliphatic carbocycles. The molecule has 26 heavy (non-hydrogen) atoms. The van der Waals surface area contributed by atoms with Crippen molar-refractivity contribution in [3.05, 3.63) is 35.5 Å². The molecule has 7 nitrogen and oxygen atoms in total. The van der Waals surface area contributed by atoms with Gasteiger partial charge in [-0.1, -0.05) is 0 Å². The van der Waals surface area contributed by atoms with E-state index >= 15 is 0 Å². The summed E-state index contributed by atoms with van der Waals surface area (Å²) in [6, 6.07) is 2.81. The van der Waals surface area contributed by atoms with Crippen LogP contribution < -0.4 is 9.80 Å². The smallest absolute Gasteiger partial charge is 0.378 e. The van der Waals surface area contributed by atoms with Crippen molar-refractivity contribution < 1.29 is 17.9 Å². The Hall–Kier alpha value is -2.49. The van der Waals surface area contributed by atoms with E-state index < -0.39 is 11.9 Å². The van der Waals surface area contributed by atoms with Crippen molar-refractivity contribution in [2.24, 2.45) is 0 Å². The van der Waals surface area contributed by atoms with Crippen LogP contribution in [0.3, 0.4) is 0 Å². The number of hydrogen-bond acceptors (Lipinski definition) is 7. The van der Waals surface area contributed by atoms with E-state index in [2.05, 4.69) is 24.8 Å². The third-order valence-corrected chi connectivity index (χ3v) is 4.02. The minimum atomic E-state index is -4.48. The molecule has 0 amide bonds. The van der Waals surface area contributed by atoms with E-state index in [1.165, 1.54) is 13.3 Å². The molecule has 3 rings (SSSR count). The first-order chi connectivity index (χ1) is 12.4. The number of methoxy groups -OCH3 is 1. The highest BCUT2D eigenvalue weighted by Gasteiger charge is 2.34. The highest BCUT2D eigenvalue weighted by molar-refractivity contribution is 5.43. The summed E-state index contributed by atoms with van der Waals surface area (Å²) in [6.07, 6.45) is -3.00. The predicted molar refractivity (Wildman–Crippen MR) is 88.9 cm³/mol. The van der Waals surface area contributed by atoms with Gasteiger partial charge in [0.25, 0.3) is 0 Å². The van der Waals surface area contributed by atoms with Gasteiger partial charge in [-0.05, 0) is 13.0 Å². The summed E-state index contributed by atoms with van der Waals surface area (Å²) in [4.78, 5) is 20.1. The first kappa shape index (κ1) is 18.3. The van der Waals surface area contributed by atoms with Gasteiger partial charge in [0.15, 0.2) is 0 Å². The molecule has 0 bridgehead atoms. The van der Waals surface area contributed by atoms with Crippen LogP contribution in [0.15, 0.2) is 18.5 Å². The molecule has 2 aromatic heterocycles. The SMILES string of the molecule is COCc1cc(N2CCN(c3nc(C)cc(C(F)(F)F)n3)CC2)ncn1. The zero-order valence-corrected chi connectivity index (χ0v) is 14.5. The molecule has 0 unspecified atom stereocenters. The van der Waals surface area contributed by atoms with E-state index in [0.717, 1.165) is 17.6 Å². The lowest BCUT2D eigenvalue weighted by atomic mass is 10.3. The Morgan fingerprint density at radius 1 is 1.04 bits per heavy atom. The standard InChI is InChI=1S/C16H19F3N6O/c1-11-7-13(16(17,18)19)23-15(22-11)25-5-3-24(4-6-25)14-8-12(9-26-2)20-10-21-14/h7-8,10H,3-6,9H2,1-2H3. The lowest BCUT2D eigenvalue weighted by Crippen LogP contribution is -2.47. The first-order valence-corrected chi connectivity index (χ1v) is 8.09. The number of halogens is 3. The van der Waals surface area contributed by atoms with Crippen LogP contribution in [0.1, 0.15) is 17.1 Å². The lowest BCUT2D eigenvalue weighted by Gasteiger charge is -2.35. The minimum Gasteiger partial charge on any atom is -0.378 e. The highest BCUT2D eigenvalue weighted by Crippen LogP contribution is 2.29. The molecular formula is C16H19F3N6O. The van der Waals surface area contributed by atoms with Gasteiger partial charge in [-0.15, -0.1) is 0 Å². The Morgan fingerprint density at radius 2 is 1.73 bits per heavy atom. The number of piperazine rings is 1. The second-order valence-corrected chi connectivity index (χ2v) is 5.97. The molecule has 1 saturated heterocycles. The van der Waals surface area contributed by atoms with Crippen LogP contribution in [0.25, 0.3) is 0 Å². The van der Waals surface area contributed by atoms with Crippen LogP contribution in [0.4, 0.5) is 24.9 Å². The predicted octanol–water partition coefficient (Wildman–Crippen LogP) is 2.07. The summed E-state index contributed by atoms with van der Waals surface area (Å²) in [5.74, 6) is 0.882. The molecule has 0 saturated carbocycles. The number of rotatable bonds is 4. The van der Waals surface area contributed by atoms with Crippen molar-refractivity contribution in [1.29, 1.82) is 0 Å². The monoisotopic (exact) mass is 368 g/mol. The third kappa shape index (κ3) is 4.18. The van der Waals surface area contributed by atoms with Gasteiger partial charge < -0.3 is 14.5 Å². The van der Waals surface area contributed by atoms with Gasteiger partial charge in [0.05, 0.1) is 12.3 Å². The van der Waals surface area contributed by atoms with Crippen LogP contribution in [0, 0.1) is 6.92 Å². The van der Waals surface area contributed by atoms with Gasteiger partial charge in [0.2, 0.25) is 5.95 Å². The van der Waals surface area contributed by atoms with Crippen molar-refractivity contribution >= 4 is 11.8 Å². The molecule has 1 aliphatic rings. The number of aryl methyl sites for hydroxylation is 1. The molecular weight excluding hydrogens is 349 g/mol. The topological polar surface area (TPSA) is 67.3 Å². The van der Waals surface area contributed by atoms with E-state index in [4.69, 9.17) is 4.74 Å². The maximum absolute atomic E-state index is 13.0. The average Bonchev–Trinajstić information content (AvgIpc) is 2.61. The van der Waals surface area contributed by atoms with Crippen molar-refractivity contribution in [2.45, 2.75) is 19.7 Å². The molecule has 0 aromatic carbocycles. The number of alkyl halides is 3. The average molecular weight is 368 g/mol. The Bertz CT molecular complexity index is 762. The maximum Gasteiger partial charge on any atom is 0.433 e. The van der Waals surface area contributed by atoms with Crippen molar-refractivity contribution in [1.82, 2.24) is 19.9 Å². The van der Waals surface area contributed by atoms with Gasteiger partial charge in [0, 0.05) is 45.0 Å². The van der Waals surface area contributed by atoms with Crippen molar-refractivity contribution in [2.75, 3.05) is 43.1 Å². The van der Waals surface area contributed by atoms with E-state index in [1.807, 2.05) is 6.07 Å². The fraction of sp³-hybridized carbons (Fsp3) is 0.500. The molecule has 140 valence electrons. The Balaban J connectivity index is 1.71. The molecule has 1 fully saturated rings. The van der Waals surface area contributed by atoms with Crippen LogP contribution in [0.2, 0.25) is 0 Å². The molecule has 0 atom stereocenters. The quantitative estimate of drug-likeness (QED) is 0.818. The lowest BCUT2D eigenvalue weighted by molar-refractivity contribution is -0.141. The van der Waals surface area contributed by atoms with Crippen molar-refractivity contribution in [3.63, 3.8) is 0 Å². The summed E-state index contributed by atoms with van der Waals surface area (Å²) in [7, 11) is 1.59. The van der Waals surface area contributed by atoms with E-state index in [9.17, 15) is 13.2 Å². The largest absolute Gasteiger partial charge is 0.433 e. The zero-order chi connectivity index (χ0) is 18.7. The molecule has 0 N–H and O–H groups in total. The van der Waals surface area contributed by atoms with Crippen LogP contribution in [0.5, 0.6) is 0 Å². The Kier molecular flexibility index (Phi) is 5.21. The van der Waals surface area contributed by atoms with Crippen LogP contribution in [-0.4, -0.2) is 53.2 Å². The maximum atomic E-state index is 13.0. The fourth-order valence-electron chi connectivity index (χ4n) is 2.76. The summed E-state index contributed by atoms with van der Waals surface area (Å²) in [6.45, 7) is 4.14. The van der Waals surface area contributed by atoms with Crippen LogP contribution >= 0.6 is 0 Å². The van der Waals surface area contributed by atoms with Gasteiger partial charge in [-0.2, -0.15) is 13.2 Å². The normalized spacial score (nSPS) is 15.4. The van der Waals surface area contributed by atoms with E-state index in [-0.39, 0.29) is 5.95 Å². The summed E-state index contributed by atoms with van der Waals surface area (Å²) >= 11 is 0. The Morgan fingerprint density at radius 3 is 2.38 bits per heavy atom. The van der Waals surface area contributed by atoms with Gasteiger partial charge in [-0.3, -0.25) is 0 Å². The number of anilines is 2. The van der Waals surface area contributed by atoms with E-state index in [1.54, 1.807) is 12.0 Å². The Labute approximate surface area is 148 Å². The highest BCUT2D eigenvalue weighted by atomic mass is 19.4. The molecule has 1 aliphatic heterocycles. The number of nitrogens with zero attached hydrogens (tertiary/aromatic N) is 6. The molecule has 3 heterocycles. The molecule has 10 heteroatoms. The second kappa shape index (κ2) is 7.40. The van der Waals surface area contributed by atoms with Gasteiger partial charge >= 0.3 is 6.18 Å². The van der Waals surface area contributed by atoms with Gasteiger partial charge in [0.1, 0.15) is 17.8 Å². The van der Waals surface area contributed by atoms with Crippen molar-refractivity contribution in [3.8, 4) is 0 Å². The van der Waals surface area contributed by atoms with Crippen LogP contribution in [-0.2, 0) is 17.5 Å². The molecule has 2 aromatic rings. The molecule has 0 spiro atoms. The number of hydrogen-bond donors (Lipinski definition) is 0. The summed E-state index contributed by atoms with van der Waals surface area (Å²) < 4.78 is 43.9. The summed E-state index contributed by atoms with van der Waals surface area (Å²) in [5, 5.41) is 0. The van der Waals surface area contributed by atoms with Gasteiger partial charge in [-0.25, -0.2) is 19.9 Å². The number of aromatic nitrogens is 4. The van der Waals surface area contributed by atoms with E-state index in [0.29, 0.717) is 38.5 Å². The zero-order valence-electron chi connectivity index (χ0n) is 14.5. The first-order valence-electron chi connectivity index (χ1n) is 8.09. The third-order valence-electron chi connectivity index (χ3n) is 4.02. The second-order valence-electron chi connectivity index (χ2n) is 5.97. The molecule has 0 radical (unpaired) electrons. The fourth-order valence-corrected chi connectivity index (χ4v) is 2.76.